The van der Waals surface area contributed by atoms with Gasteiger partial charge in [-0.05, 0) is 17.2 Å². The Bertz CT molecular complexity index is 568. The molecule has 19 heavy (non-hydrogen) atoms. The molecule has 4 nitrogen and oxygen atoms in total. The Labute approximate surface area is 116 Å². The molecular formula is C14H16N2O2S. The summed E-state index contributed by atoms with van der Waals surface area (Å²) < 4.78 is 10.4. The number of benzene rings is 1. The third-order valence-electron chi connectivity index (χ3n) is 3.10. The lowest BCUT2D eigenvalue weighted by Gasteiger charge is -2.02. The van der Waals surface area contributed by atoms with Gasteiger partial charge in [0.2, 0.25) is 0 Å². The second-order valence-corrected chi connectivity index (χ2v) is 5.29. The highest BCUT2D eigenvalue weighted by Gasteiger charge is 2.13. The van der Waals surface area contributed by atoms with Crippen LogP contribution in [-0.4, -0.2) is 25.2 Å². The van der Waals surface area contributed by atoms with E-state index < -0.39 is 0 Å². The minimum absolute atomic E-state index is 0.686. The molecule has 1 aliphatic heterocycles. The molecule has 1 aliphatic rings. The molecular weight excluding hydrogens is 260 g/mol. The zero-order valence-corrected chi connectivity index (χ0v) is 11.6. The summed E-state index contributed by atoms with van der Waals surface area (Å²) in [6, 6.07) is 6.42. The highest BCUT2D eigenvalue weighted by molar-refractivity contribution is 7.14. The number of hydrogen-bond acceptors (Lipinski definition) is 5. The van der Waals surface area contributed by atoms with Gasteiger partial charge in [0.1, 0.15) is 0 Å². The van der Waals surface area contributed by atoms with Crippen molar-refractivity contribution in [2.24, 2.45) is 0 Å². The van der Waals surface area contributed by atoms with E-state index in [1.54, 1.807) is 18.4 Å². The first-order chi connectivity index (χ1) is 9.36. The Morgan fingerprint density at radius 1 is 1.37 bits per heavy atom. The lowest BCUT2D eigenvalue weighted by atomic mass is 10.1. The molecule has 0 saturated heterocycles. The van der Waals surface area contributed by atoms with Crippen molar-refractivity contribution in [3.63, 3.8) is 0 Å². The second-order valence-electron chi connectivity index (χ2n) is 4.43. The van der Waals surface area contributed by atoms with Crippen LogP contribution in [-0.2, 0) is 22.7 Å². The van der Waals surface area contributed by atoms with Gasteiger partial charge in [-0.15, -0.1) is 11.3 Å². The average Bonchev–Trinajstić information content (AvgIpc) is 3.06. The van der Waals surface area contributed by atoms with Crippen LogP contribution in [0.4, 0.5) is 5.13 Å². The quantitative estimate of drug-likeness (QED) is 0.853. The van der Waals surface area contributed by atoms with Gasteiger partial charge in [-0.2, -0.15) is 0 Å². The molecule has 0 bridgehead atoms. The molecule has 100 valence electrons. The van der Waals surface area contributed by atoms with Crippen LogP contribution in [0.5, 0.6) is 0 Å². The first-order valence-electron chi connectivity index (χ1n) is 6.25. The summed E-state index contributed by atoms with van der Waals surface area (Å²) in [5, 5.41) is 6.26. The predicted molar refractivity (Wildman–Crippen MR) is 76.4 cm³/mol. The zero-order valence-electron chi connectivity index (χ0n) is 10.8. The first-order valence-corrected chi connectivity index (χ1v) is 7.13. The van der Waals surface area contributed by atoms with Crippen LogP contribution in [0.3, 0.4) is 0 Å². The number of nitrogens with zero attached hydrogens (tertiary/aromatic N) is 1. The Morgan fingerprint density at radius 2 is 2.26 bits per heavy atom. The van der Waals surface area contributed by atoms with Gasteiger partial charge in [0.15, 0.2) is 5.13 Å². The number of ether oxygens (including phenoxy) is 2. The molecule has 1 N–H and O–H groups in total. The molecule has 0 fully saturated rings. The minimum Gasteiger partial charge on any atom is -0.383 e. The predicted octanol–water partition coefficient (Wildman–Crippen LogP) is 2.90. The van der Waals surface area contributed by atoms with Crippen molar-refractivity contribution in [3.8, 4) is 11.3 Å². The third-order valence-corrected chi connectivity index (χ3v) is 3.90. The van der Waals surface area contributed by atoms with E-state index in [-0.39, 0.29) is 0 Å². The molecule has 0 unspecified atom stereocenters. The van der Waals surface area contributed by atoms with Gasteiger partial charge in [0, 0.05) is 24.6 Å². The van der Waals surface area contributed by atoms with Crippen LogP contribution >= 0.6 is 11.3 Å². The summed E-state index contributed by atoms with van der Waals surface area (Å²) in [7, 11) is 1.70. The summed E-state index contributed by atoms with van der Waals surface area (Å²) in [4.78, 5) is 4.59. The number of rotatable bonds is 5. The molecule has 0 atom stereocenters. The Balaban J connectivity index is 1.75. The number of hydrogen-bond donors (Lipinski definition) is 1. The average molecular weight is 276 g/mol. The van der Waals surface area contributed by atoms with Gasteiger partial charge in [0.05, 0.1) is 25.5 Å². The van der Waals surface area contributed by atoms with Gasteiger partial charge in [0.25, 0.3) is 0 Å². The van der Waals surface area contributed by atoms with Crippen LogP contribution in [0.2, 0.25) is 0 Å². The molecule has 0 saturated carbocycles. The van der Waals surface area contributed by atoms with Gasteiger partial charge < -0.3 is 14.8 Å². The fraction of sp³-hybridized carbons (Fsp3) is 0.357. The molecule has 3 rings (SSSR count). The topological polar surface area (TPSA) is 43.4 Å². The van der Waals surface area contributed by atoms with E-state index in [1.807, 2.05) is 0 Å². The van der Waals surface area contributed by atoms with E-state index in [0.717, 1.165) is 29.5 Å². The van der Waals surface area contributed by atoms with Gasteiger partial charge in [-0.1, -0.05) is 12.1 Å². The summed E-state index contributed by atoms with van der Waals surface area (Å²) >= 11 is 1.62. The Morgan fingerprint density at radius 3 is 3.16 bits per heavy atom. The highest BCUT2D eigenvalue weighted by Crippen LogP contribution is 2.29. The Kier molecular flexibility index (Phi) is 3.77. The van der Waals surface area contributed by atoms with E-state index in [4.69, 9.17) is 9.47 Å². The maximum atomic E-state index is 5.43. The third kappa shape index (κ3) is 2.78. The summed E-state index contributed by atoms with van der Waals surface area (Å²) in [5.41, 5.74) is 4.73. The van der Waals surface area contributed by atoms with E-state index in [2.05, 4.69) is 33.9 Å². The van der Waals surface area contributed by atoms with Gasteiger partial charge >= 0.3 is 0 Å². The molecule has 1 aromatic carbocycles. The van der Waals surface area contributed by atoms with Crippen molar-refractivity contribution in [2.45, 2.75) is 13.2 Å². The maximum absolute atomic E-state index is 5.43. The number of nitrogens with one attached hydrogen (secondary N) is 1. The summed E-state index contributed by atoms with van der Waals surface area (Å²) in [6.45, 7) is 2.91. The number of thiazole rings is 1. The smallest absolute Gasteiger partial charge is 0.183 e. The number of aromatic nitrogens is 1. The van der Waals surface area contributed by atoms with Crippen molar-refractivity contribution in [1.29, 1.82) is 0 Å². The summed E-state index contributed by atoms with van der Waals surface area (Å²) in [5.74, 6) is 0. The number of anilines is 1. The largest absolute Gasteiger partial charge is 0.383 e. The molecule has 0 aliphatic carbocycles. The van der Waals surface area contributed by atoms with Crippen molar-refractivity contribution in [1.82, 2.24) is 4.98 Å². The lowest BCUT2D eigenvalue weighted by Crippen LogP contribution is -2.07. The normalized spacial score (nSPS) is 13.5. The van der Waals surface area contributed by atoms with Crippen LogP contribution in [0, 0.1) is 0 Å². The van der Waals surface area contributed by atoms with Crippen molar-refractivity contribution in [2.75, 3.05) is 25.6 Å². The van der Waals surface area contributed by atoms with E-state index in [0.29, 0.717) is 13.2 Å². The molecule has 1 aromatic heterocycles. The fourth-order valence-corrected chi connectivity index (χ4v) is 2.83. The Hall–Kier alpha value is -1.43. The monoisotopic (exact) mass is 276 g/mol. The van der Waals surface area contributed by atoms with Crippen molar-refractivity contribution >= 4 is 16.5 Å². The highest BCUT2D eigenvalue weighted by atomic mass is 32.1. The van der Waals surface area contributed by atoms with Crippen LogP contribution < -0.4 is 5.32 Å². The van der Waals surface area contributed by atoms with Gasteiger partial charge in [-0.3, -0.25) is 0 Å². The standard InChI is InChI=1S/C14H16N2O2S/c1-17-5-4-15-14-16-13(9-19-14)10-2-3-11-7-18-8-12(11)6-10/h2-3,6,9H,4-5,7-8H2,1H3,(H,15,16). The molecule has 5 heteroatoms. The molecule has 2 aromatic rings. The number of methoxy groups -OCH3 is 1. The van der Waals surface area contributed by atoms with Crippen molar-refractivity contribution < 1.29 is 9.47 Å². The zero-order chi connectivity index (χ0) is 13.1. The first kappa shape index (κ1) is 12.6. The second kappa shape index (κ2) is 5.69. The van der Waals surface area contributed by atoms with Crippen LogP contribution in [0.15, 0.2) is 23.6 Å². The molecule has 0 amide bonds. The van der Waals surface area contributed by atoms with E-state index in [9.17, 15) is 0 Å². The van der Waals surface area contributed by atoms with E-state index in [1.165, 1.54) is 11.1 Å². The molecule has 0 spiro atoms. The van der Waals surface area contributed by atoms with Gasteiger partial charge in [-0.25, -0.2) is 4.98 Å². The van der Waals surface area contributed by atoms with E-state index >= 15 is 0 Å². The fourth-order valence-electron chi connectivity index (χ4n) is 2.08. The maximum Gasteiger partial charge on any atom is 0.183 e. The molecule has 2 heterocycles. The number of fused-ring (bicyclic) bond motifs is 1. The summed E-state index contributed by atoms with van der Waals surface area (Å²) in [6.07, 6.45) is 0. The lowest BCUT2D eigenvalue weighted by molar-refractivity contribution is 0.134. The molecule has 0 radical (unpaired) electrons. The van der Waals surface area contributed by atoms with Crippen LogP contribution in [0.25, 0.3) is 11.3 Å². The van der Waals surface area contributed by atoms with Crippen molar-refractivity contribution in [3.05, 3.63) is 34.7 Å². The van der Waals surface area contributed by atoms with Crippen LogP contribution in [0.1, 0.15) is 11.1 Å². The SMILES string of the molecule is COCCNc1nc(-c2ccc3c(c2)COC3)cs1. The minimum atomic E-state index is 0.686.